The summed E-state index contributed by atoms with van der Waals surface area (Å²) in [5.74, 6) is 3.05. The zero-order valence-electron chi connectivity index (χ0n) is 15.1. The lowest BCUT2D eigenvalue weighted by molar-refractivity contribution is -0.327. The zero-order chi connectivity index (χ0) is 16.2. The fourth-order valence-electron chi connectivity index (χ4n) is 11.2. The van der Waals surface area contributed by atoms with E-state index in [1.807, 2.05) is 6.92 Å². The summed E-state index contributed by atoms with van der Waals surface area (Å²) in [5.41, 5.74) is 9.68. The minimum atomic E-state index is 0.401. The largest absolute Gasteiger partial charge is 0.327 e. The number of fused-ring (bicyclic) bond motifs is 3. The van der Waals surface area contributed by atoms with E-state index in [0.29, 0.717) is 33.5 Å². The van der Waals surface area contributed by atoms with Crippen LogP contribution in [0, 0.1) is 44.8 Å². The van der Waals surface area contributed by atoms with Gasteiger partial charge in [0, 0.05) is 12.5 Å². The molecule has 0 aromatic heterocycles. The van der Waals surface area contributed by atoms with Crippen LogP contribution in [0.5, 0.6) is 0 Å². The van der Waals surface area contributed by atoms with Gasteiger partial charge in [-0.1, -0.05) is 12.8 Å². The van der Waals surface area contributed by atoms with Gasteiger partial charge in [-0.15, -0.1) is 0 Å². The molecule has 0 amide bonds. The summed E-state index contributed by atoms with van der Waals surface area (Å²) in [5, 5.41) is 0. The molecule has 7 aliphatic rings. The number of Topliss-reactive ketones (excluding diaryl/α,β-unsaturated/α-hetero) is 1. The fourth-order valence-corrected chi connectivity index (χ4v) is 11.2. The summed E-state index contributed by atoms with van der Waals surface area (Å²) < 4.78 is 0. The monoisotopic (exact) mass is 325 g/mol. The van der Waals surface area contributed by atoms with Gasteiger partial charge in [0.25, 0.3) is 0 Å². The highest BCUT2D eigenvalue weighted by Crippen LogP contribution is 2.99. The smallest absolute Gasteiger partial charge is 0.130 e. The van der Waals surface area contributed by atoms with Gasteiger partial charge in [0.15, 0.2) is 0 Å². The number of carbonyl (C=O) groups excluding carboxylic acids is 1. The molecule has 7 saturated carbocycles. The molecule has 7 rings (SSSR count). The van der Waals surface area contributed by atoms with Crippen LogP contribution < -0.4 is 5.73 Å². The average molecular weight is 325 g/mol. The first-order valence-corrected chi connectivity index (χ1v) is 10.7. The van der Waals surface area contributed by atoms with Gasteiger partial charge in [0.1, 0.15) is 5.78 Å². The molecule has 7 fully saturated rings. The summed E-state index contributed by atoms with van der Waals surface area (Å²) in [6.45, 7) is 1.85. The quantitative estimate of drug-likeness (QED) is 0.831. The predicted octanol–water partition coefficient (Wildman–Crippen LogP) is 4.07. The highest BCUT2D eigenvalue weighted by Gasteiger charge is 2.95. The first-order valence-electron chi connectivity index (χ1n) is 10.7. The SMILES string of the molecule is CC(=O)CC12CC3(CC45C(N)CC1C4C25)CC1(CCC1)C31CCC1. The molecule has 0 radical (unpaired) electrons. The maximum Gasteiger partial charge on any atom is 0.130 e. The summed E-state index contributed by atoms with van der Waals surface area (Å²) >= 11 is 0. The Kier molecular flexibility index (Phi) is 1.96. The van der Waals surface area contributed by atoms with E-state index in [1.165, 1.54) is 64.2 Å². The fraction of sp³-hybridized carbons (Fsp3) is 0.955. The van der Waals surface area contributed by atoms with Gasteiger partial charge in [-0.25, -0.2) is 0 Å². The average Bonchev–Trinajstić information content (AvgIpc) is 2.98. The Morgan fingerprint density at radius 1 is 1.04 bits per heavy atom. The Hall–Kier alpha value is -0.370. The van der Waals surface area contributed by atoms with Gasteiger partial charge in [0.2, 0.25) is 0 Å². The predicted molar refractivity (Wildman–Crippen MR) is 92.1 cm³/mol. The van der Waals surface area contributed by atoms with Crippen molar-refractivity contribution in [2.45, 2.75) is 83.6 Å². The van der Waals surface area contributed by atoms with Crippen LogP contribution in [-0.2, 0) is 4.79 Å². The maximum absolute atomic E-state index is 12.2. The first kappa shape index (κ1) is 13.8. The molecule has 7 unspecified atom stereocenters. The molecule has 24 heavy (non-hydrogen) atoms. The number of rotatable bonds is 2. The Bertz CT molecular complexity index is 682. The Morgan fingerprint density at radius 3 is 2.38 bits per heavy atom. The third kappa shape index (κ3) is 0.986. The molecule has 0 aromatic rings. The van der Waals surface area contributed by atoms with Crippen LogP contribution >= 0.6 is 0 Å². The van der Waals surface area contributed by atoms with Crippen LogP contribution in [0.15, 0.2) is 0 Å². The Labute approximate surface area is 145 Å². The third-order valence-electron chi connectivity index (χ3n) is 11.6. The van der Waals surface area contributed by atoms with E-state index < -0.39 is 0 Å². The molecule has 2 N–H and O–H groups in total. The second-order valence-corrected chi connectivity index (χ2v) is 11.6. The number of carbonyl (C=O) groups is 1. The molecular weight excluding hydrogens is 294 g/mol. The third-order valence-corrected chi connectivity index (χ3v) is 11.6. The van der Waals surface area contributed by atoms with Crippen molar-refractivity contribution in [2.75, 3.05) is 0 Å². The number of nitrogens with two attached hydrogens (primary N) is 1. The molecule has 4 spiro atoms. The van der Waals surface area contributed by atoms with E-state index in [1.54, 1.807) is 0 Å². The standard InChI is InChI=1S/C22H31NO/c1-13(24)9-20-11-19(10-18(4-2-5-18)21(19)6-3-7-21)12-22-15(23)8-14(20)16(22)17(20)22/h14-17H,2-12,23H2,1H3. The normalized spacial score (nSPS) is 61.6. The summed E-state index contributed by atoms with van der Waals surface area (Å²) in [4.78, 5) is 12.2. The molecule has 0 aliphatic heterocycles. The van der Waals surface area contributed by atoms with Gasteiger partial charge < -0.3 is 10.5 Å². The minimum Gasteiger partial charge on any atom is -0.327 e. The molecule has 0 heterocycles. The Balaban J connectivity index is 1.35. The molecule has 130 valence electrons. The summed E-state index contributed by atoms with van der Waals surface area (Å²) in [7, 11) is 0. The van der Waals surface area contributed by atoms with Crippen LogP contribution in [0.2, 0.25) is 0 Å². The van der Waals surface area contributed by atoms with E-state index in [-0.39, 0.29) is 0 Å². The molecule has 2 heteroatoms. The van der Waals surface area contributed by atoms with Crippen molar-refractivity contribution in [2.24, 2.45) is 50.6 Å². The second-order valence-electron chi connectivity index (χ2n) is 11.6. The molecular formula is C22H31NO. The summed E-state index contributed by atoms with van der Waals surface area (Å²) in [6.07, 6.45) is 15.5. The lowest BCUT2D eigenvalue weighted by Gasteiger charge is -2.82. The second kappa shape index (κ2) is 3.42. The maximum atomic E-state index is 12.2. The topological polar surface area (TPSA) is 43.1 Å². The van der Waals surface area contributed by atoms with E-state index in [2.05, 4.69) is 0 Å². The van der Waals surface area contributed by atoms with E-state index in [0.717, 1.165) is 29.6 Å². The minimum absolute atomic E-state index is 0.401. The van der Waals surface area contributed by atoms with Crippen LogP contribution in [0.3, 0.4) is 0 Å². The van der Waals surface area contributed by atoms with Gasteiger partial charge >= 0.3 is 0 Å². The molecule has 0 saturated heterocycles. The highest BCUT2D eigenvalue weighted by atomic mass is 16.1. The van der Waals surface area contributed by atoms with E-state index >= 15 is 0 Å². The molecule has 2 nitrogen and oxygen atoms in total. The highest BCUT2D eigenvalue weighted by molar-refractivity contribution is 5.77. The van der Waals surface area contributed by atoms with Crippen LogP contribution in [0.4, 0.5) is 0 Å². The van der Waals surface area contributed by atoms with Crippen LogP contribution in [0.1, 0.15) is 77.6 Å². The zero-order valence-corrected chi connectivity index (χ0v) is 15.1. The molecule has 0 aromatic carbocycles. The van der Waals surface area contributed by atoms with Crippen LogP contribution in [0.25, 0.3) is 0 Å². The Morgan fingerprint density at radius 2 is 1.79 bits per heavy atom. The molecule has 0 bridgehead atoms. The van der Waals surface area contributed by atoms with Crippen molar-refractivity contribution in [3.05, 3.63) is 0 Å². The van der Waals surface area contributed by atoms with Gasteiger partial charge in [-0.05, 0) is 103 Å². The van der Waals surface area contributed by atoms with E-state index in [9.17, 15) is 4.79 Å². The summed E-state index contributed by atoms with van der Waals surface area (Å²) in [6, 6.07) is 0.463. The van der Waals surface area contributed by atoms with Crippen molar-refractivity contribution in [1.82, 2.24) is 0 Å². The lowest BCUT2D eigenvalue weighted by atomic mass is 9.22. The van der Waals surface area contributed by atoms with Crippen molar-refractivity contribution in [1.29, 1.82) is 0 Å². The first-order chi connectivity index (χ1) is 11.5. The van der Waals surface area contributed by atoms with Gasteiger partial charge in [-0.3, -0.25) is 0 Å². The molecule has 7 aliphatic carbocycles. The van der Waals surface area contributed by atoms with Gasteiger partial charge in [0.05, 0.1) is 0 Å². The molecule has 7 atom stereocenters. The van der Waals surface area contributed by atoms with E-state index in [4.69, 9.17) is 5.73 Å². The van der Waals surface area contributed by atoms with Crippen molar-refractivity contribution < 1.29 is 4.79 Å². The van der Waals surface area contributed by atoms with Crippen molar-refractivity contribution in [3.63, 3.8) is 0 Å². The van der Waals surface area contributed by atoms with Crippen molar-refractivity contribution in [3.8, 4) is 0 Å². The number of hydrogen-bond donors (Lipinski definition) is 1. The number of ketones is 1. The van der Waals surface area contributed by atoms with Crippen LogP contribution in [-0.4, -0.2) is 11.8 Å². The van der Waals surface area contributed by atoms with Crippen molar-refractivity contribution >= 4 is 5.78 Å². The van der Waals surface area contributed by atoms with Gasteiger partial charge in [-0.2, -0.15) is 0 Å². The number of hydrogen-bond acceptors (Lipinski definition) is 2. The lowest BCUT2D eigenvalue weighted by Crippen LogP contribution is -2.74.